The molecule has 5 rings (SSSR count). The van der Waals surface area contributed by atoms with Crippen LogP contribution in [0.4, 0.5) is 0 Å². The molecule has 4 aromatic rings. The van der Waals surface area contributed by atoms with Gasteiger partial charge >= 0.3 is 0 Å². The maximum absolute atomic E-state index is 12.6. The lowest BCUT2D eigenvalue weighted by Gasteiger charge is -2.31. The lowest BCUT2D eigenvalue weighted by molar-refractivity contribution is 0.0951. The van der Waals surface area contributed by atoms with E-state index in [0.29, 0.717) is 24.7 Å². The van der Waals surface area contributed by atoms with Crippen LogP contribution >= 0.6 is 0 Å². The molecule has 0 fully saturated rings. The number of carbonyl (C=O) groups excluding carboxylic acids is 1. The molecule has 0 radical (unpaired) electrons. The van der Waals surface area contributed by atoms with E-state index in [9.17, 15) is 4.79 Å². The van der Waals surface area contributed by atoms with E-state index in [2.05, 4.69) is 38.3 Å². The number of pyridine rings is 2. The Morgan fingerprint density at radius 1 is 1.19 bits per heavy atom. The molecule has 1 unspecified atom stereocenters. The zero-order valence-corrected chi connectivity index (χ0v) is 18.1. The predicted molar refractivity (Wildman–Crippen MR) is 123 cm³/mol. The first-order valence-corrected chi connectivity index (χ1v) is 11.0. The first kappa shape index (κ1) is 20.3. The van der Waals surface area contributed by atoms with Crippen molar-refractivity contribution in [1.82, 2.24) is 30.2 Å². The summed E-state index contributed by atoms with van der Waals surface area (Å²) in [4.78, 5) is 31.7. The number of hydrogen-bond acceptors (Lipinski definition) is 5. The fourth-order valence-electron chi connectivity index (χ4n) is 4.42. The molecule has 1 aliphatic carbocycles. The minimum absolute atomic E-state index is 0.109. The Labute approximate surface area is 186 Å². The molecule has 0 bridgehead atoms. The number of hydrogen-bond donors (Lipinski definition) is 2. The standard InChI is InChI=1S/C25H26N6O/c1-31(22-6-2-4-18-5-3-11-27-24(18)22)16-23-29-20-8-7-19(14-21(20)30-23)25(32)28-15-17-9-12-26-13-10-17/h3,5,7-14,22H,2,4,6,15-16H2,1H3,(H,28,32)(H,29,30). The van der Waals surface area contributed by atoms with Gasteiger partial charge in [0.2, 0.25) is 0 Å². The highest BCUT2D eigenvalue weighted by Crippen LogP contribution is 2.32. The average Bonchev–Trinajstić information content (AvgIpc) is 3.24. The average molecular weight is 427 g/mol. The summed E-state index contributed by atoms with van der Waals surface area (Å²) in [7, 11) is 2.12. The summed E-state index contributed by atoms with van der Waals surface area (Å²) in [6, 6.07) is 13.9. The van der Waals surface area contributed by atoms with Crippen molar-refractivity contribution in [1.29, 1.82) is 0 Å². The number of benzene rings is 1. The van der Waals surface area contributed by atoms with Gasteiger partial charge in [-0.05, 0) is 73.8 Å². The third-order valence-corrected chi connectivity index (χ3v) is 6.09. The molecule has 0 saturated heterocycles. The highest BCUT2D eigenvalue weighted by Gasteiger charge is 2.25. The summed E-state index contributed by atoms with van der Waals surface area (Å²) in [5.41, 5.74) is 5.89. The molecule has 32 heavy (non-hydrogen) atoms. The fraction of sp³-hybridized carbons (Fsp3) is 0.280. The van der Waals surface area contributed by atoms with Crippen molar-refractivity contribution < 1.29 is 4.79 Å². The molecule has 0 aliphatic heterocycles. The smallest absolute Gasteiger partial charge is 0.251 e. The van der Waals surface area contributed by atoms with Gasteiger partial charge in [0.15, 0.2) is 0 Å². The molecular weight excluding hydrogens is 400 g/mol. The molecule has 7 nitrogen and oxygen atoms in total. The van der Waals surface area contributed by atoms with Gasteiger partial charge in [0.25, 0.3) is 5.91 Å². The Morgan fingerprint density at radius 3 is 2.94 bits per heavy atom. The van der Waals surface area contributed by atoms with Crippen LogP contribution < -0.4 is 5.32 Å². The second-order valence-corrected chi connectivity index (χ2v) is 8.32. The molecule has 7 heteroatoms. The zero-order chi connectivity index (χ0) is 21.9. The number of aromatic amines is 1. The van der Waals surface area contributed by atoms with Crippen molar-refractivity contribution in [2.45, 2.75) is 38.4 Å². The van der Waals surface area contributed by atoms with Gasteiger partial charge in [0, 0.05) is 30.7 Å². The van der Waals surface area contributed by atoms with Crippen molar-refractivity contribution in [2.24, 2.45) is 0 Å². The van der Waals surface area contributed by atoms with E-state index < -0.39 is 0 Å². The van der Waals surface area contributed by atoms with Gasteiger partial charge in [-0.25, -0.2) is 4.98 Å². The lowest BCUT2D eigenvalue weighted by atomic mass is 9.91. The van der Waals surface area contributed by atoms with E-state index in [0.717, 1.165) is 35.3 Å². The molecule has 0 saturated carbocycles. The number of nitrogens with one attached hydrogen (secondary N) is 2. The van der Waals surface area contributed by atoms with Crippen LogP contribution in [0.5, 0.6) is 0 Å². The SMILES string of the molecule is CN(Cc1nc2ccc(C(=O)NCc3ccncc3)cc2[nH]1)C1CCCc2cccnc21. The normalized spacial score (nSPS) is 15.6. The fourth-order valence-corrected chi connectivity index (χ4v) is 4.42. The second kappa shape index (κ2) is 8.88. The Bertz CT molecular complexity index is 1240. The lowest BCUT2D eigenvalue weighted by Crippen LogP contribution is -2.28. The minimum Gasteiger partial charge on any atom is -0.348 e. The molecule has 1 aliphatic rings. The number of aryl methyl sites for hydroxylation is 1. The highest BCUT2D eigenvalue weighted by molar-refractivity contribution is 5.97. The Morgan fingerprint density at radius 2 is 2.06 bits per heavy atom. The van der Waals surface area contributed by atoms with E-state index >= 15 is 0 Å². The van der Waals surface area contributed by atoms with Crippen LogP contribution in [-0.2, 0) is 19.5 Å². The summed E-state index contributed by atoms with van der Waals surface area (Å²) in [6.45, 7) is 1.16. The minimum atomic E-state index is -0.109. The van der Waals surface area contributed by atoms with E-state index in [-0.39, 0.29) is 5.91 Å². The maximum Gasteiger partial charge on any atom is 0.251 e. The van der Waals surface area contributed by atoms with Gasteiger partial charge in [-0.2, -0.15) is 0 Å². The van der Waals surface area contributed by atoms with Crippen LogP contribution in [0, 0.1) is 0 Å². The molecule has 1 amide bonds. The van der Waals surface area contributed by atoms with Crippen LogP contribution in [0.1, 0.15) is 51.9 Å². The topological polar surface area (TPSA) is 86.8 Å². The van der Waals surface area contributed by atoms with Crippen molar-refractivity contribution in [2.75, 3.05) is 7.05 Å². The van der Waals surface area contributed by atoms with Crippen LogP contribution in [0.2, 0.25) is 0 Å². The van der Waals surface area contributed by atoms with Gasteiger partial charge in [-0.1, -0.05) is 6.07 Å². The molecule has 0 spiro atoms. The summed E-state index contributed by atoms with van der Waals surface area (Å²) in [5, 5.41) is 2.96. The summed E-state index contributed by atoms with van der Waals surface area (Å²) >= 11 is 0. The maximum atomic E-state index is 12.6. The van der Waals surface area contributed by atoms with Crippen LogP contribution in [0.25, 0.3) is 11.0 Å². The first-order valence-electron chi connectivity index (χ1n) is 11.0. The van der Waals surface area contributed by atoms with Gasteiger partial charge in [-0.3, -0.25) is 19.7 Å². The molecule has 3 aromatic heterocycles. The summed E-state index contributed by atoms with van der Waals surface area (Å²) in [5.74, 6) is 0.779. The summed E-state index contributed by atoms with van der Waals surface area (Å²) in [6.07, 6.45) is 8.70. The Balaban J connectivity index is 1.28. The second-order valence-electron chi connectivity index (χ2n) is 8.32. The van der Waals surface area contributed by atoms with Crippen LogP contribution in [0.3, 0.4) is 0 Å². The monoisotopic (exact) mass is 426 g/mol. The van der Waals surface area contributed by atoms with E-state index in [1.807, 2.05) is 42.6 Å². The molecule has 3 heterocycles. The Hall–Kier alpha value is -3.58. The van der Waals surface area contributed by atoms with Gasteiger partial charge in [-0.15, -0.1) is 0 Å². The molecule has 1 atom stereocenters. The van der Waals surface area contributed by atoms with Crippen molar-refractivity contribution in [3.63, 3.8) is 0 Å². The molecule has 2 N–H and O–H groups in total. The largest absolute Gasteiger partial charge is 0.348 e. The number of carbonyl (C=O) groups is 1. The number of H-pyrrole nitrogens is 1. The third kappa shape index (κ3) is 4.24. The highest BCUT2D eigenvalue weighted by atomic mass is 16.1. The van der Waals surface area contributed by atoms with Gasteiger partial charge in [0.05, 0.1) is 29.3 Å². The molecule has 1 aromatic carbocycles. The Kier molecular flexibility index (Phi) is 5.64. The number of fused-ring (bicyclic) bond motifs is 2. The van der Waals surface area contributed by atoms with E-state index in [1.54, 1.807) is 12.4 Å². The molecular formula is C25H26N6O. The number of aromatic nitrogens is 4. The van der Waals surface area contributed by atoms with E-state index in [4.69, 9.17) is 4.98 Å². The zero-order valence-electron chi connectivity index (χ0n) is 18.1. The molecule has 162 valence electrons. The number of nitrogens with zero attached hydrogens (tertiary/aromatic N) is 4. The van der Waals surface area contributed by atoms with Gasteiger partial charge < -0.3 is 10.3 Å². The van der Waals surface area contributed by atoms with Gasteiger partial charge in [0.1, 0.15) is 5.82 Å². The number of imidazole rings is 1. The van der Waals surface area contributed by atoms with Crippen molar-refractivity contribution in [3.8, 4) is 0 Å². The number of rotatable bonds is 6. The van der Waals surface area contributed by atoms with Crippen molar-refractivity contribution in [3.05, 3.63) is 89.3 Å². The van der Waals surface area contributed by atoms with Crippen LogP contribution in [0.15, 0.2) is 61.1 Å². The van der Waals surface area contributed by atoms with Crippen LogP contribution in [-0.4, -0.2) is 37.8 Å². The third-order valence-electron chi connectivity index (χ3n) is 6.09. The predicted octanol–water partition coefficient (Wildman–Crippen LogP) is 3.79. The van der Waals surface area contributed by atoms with E-state index in [1.165, 1.54) is 17.7 Å². The first-order chi connectivity index (χ1) is 15.7. The van der Waals surface area contributed by atoms with Crippen molar-refractivity contribution >= 4 is 16.9 Å². The summed E-state index contributed by atoms with van der Waals surface area (Å²) < 4.78 is 0. The quantitative estimate of drug-likeness (QED) is 0.490. The number of amides is 1.